The molecule has 2 unspecified atom stereocenters. The van der Waals surface area contributed by atoms with Crippen molar-refractivity contribution in [3.63, 3.8) is 0 Å². The molecular formula is C69H127F3N2O5. The van der Waals surface area contributed by atoms with Crippen LogP contribution in [0.25, 0.3) is 0 Å². The van der Waals surface area contributed by atoms with Crippen molar-refractivity contribution in [2.75, 3.05) is 27.4 Å². The highest BCUT2D eigenvalue weighted by atomic mass is 19.4. The predicted octanol–water partition coefficient (Wildman–Crippen LogP) is 20.0. The molecule has 0 spiro atoms. The summed E-state index contributed by atoms with van der Waals surface area (Å²) in [5.74, 6) is 3.70. The van der Waals surface area contributed by atoms with Crippen LogP contribution in [0, 0.1) is 63.1 Å². The van der Waals surface area contributed by atoms with E-state index < -0.39 is 17.7 Å². The maximum absolute atomic E-state index is 13.0. The van der Waals surface area contributed by atoms with Gasteiger partial charge in [0, 0.05) is 43.6 Å². The van der Waals surface area contributed by atoms with Gasteiger partial charge in [-0.3, -0.25) is 4.98 Å². The molecule has 1 aromatic carbocycles. The first-order valence-electron chi connectivity index (χ1n) is 30.5. The molecule has 2 aromatic rings. The second-order valence-corrected chi connectivity index (χ2v) is 30.5. The van der Waals surface area contributed by atoms with Crippen molar-refractivity contribution in [3.8, 4) is 0 Å². The number of aliphatic hydroxyl groups is 2. The highest BCUT2D eigenvalue weighted by molar-refractivity contribution is 5.68. The number of rotatable bonds is 12. The van der Waals surface area contributed by atoms with Crippen LogP contribution >= 0.6 is 0 Å². The summed E-state index contributed by atoms with van der Waals surface area (Å²) in [4.78, 5) is 16.9. The largest absolute Gasteiger partial charge is 0.450 e. The molecule has 5 rings (SSSR count). The van der Waals surface area contributed by atoms with E-state index in [1.54, 1.807) is 26.0 Å². The third-order valence-electron chi connectivity index (χ3n) is 16.1. The summed E-state index contributed by atoms with van der Waals surface area (Å²) >= 11 is 0. The SMILES string of the molecule is CC(C)(C)C(C1CC1)C1CC1.CC(C)(C)c1ccccc1.CC(C)(C)c1ccccn1.CCOC(=O)N(C)C(C)(C)C.CC[C@@H](C(C)O)C(C)(C)C.CC[C@@H](CC(O)(C1CC1)C(F)(F)F)C(C)(C)C.CC[C@@H](COC)C(C)(C)C. The number of hydrogen-bond donors (Lipinski definition) is 2. The molecule has 3 fully saturated rings. The summed E-state index contributed by atoms with van der Waals surface area (Å²) < 4.78 is 49.0. The first kappa shape index (κ1) is 78.4. The number of hydrogen-bond acceptors (Lipinski definition) is 6. The molecule has 7 nitrogen and oxygen atoms in total. The average Bonchev–Trinajstić information content (AvgIpc) is 4.12. The van der Waals surface area contributed by atoms with Crippen LogP contribution in [0.3, 0.4) is 0 Å². The average molecular weight is 1120 g/mol. The van der Waals surface area contributed by atoms with Crippen LogP contribution in [-0.4, -0.2) is 77.0 Å². The summed E-state index contributed by atoms with van der Waals surface area (Å²) in [6, 6.07) is 16.6. The number of aromatic nitrogens is 1. The predicted molar refractivity (Wildman–Crippen MR) is 333 cm³/mol. The van der Waals surface area contributed by atoms with Gasteiger partial charge < -0.3 is 24.6 Å². The van der Waals surface area contributed by atoms with Gasteiger partial charge in [0.15, 0.2) is 5.60 Å². The fourth-order valence-corrected chi connectivity index (χ4v) is 10.3. The van der Waals surface area contributed by atoms with E-state index >= 15 is 0 Å². The number of benzene rings is 1. The second-order valence-electron chi connectivity index (χ2n) is 30.5. The van der Waals surface area contributed by atoms with Crippen LogP contribution in [0.1, 0.15) is 255 Å². The zero-order valence-corrected chi connectivity index (χ0v) is 56.4. The van der Waals surface area contributed by atoms with Crippen molar-refractivity contribution in [1.29, 1.82) is 0 Å². The minimum Gasteiger partial charge on any atom is -0.450 e. The van der Waals surface area contributed by atoms with E-state index in [9.17, 15) is 28.2 Å². The van der Waals surface area contributed by atoms with Crippen molar-refractivity contribution >= 4 is 6.09 Å². The van der Waals surface area contributed by atoms with Crippen LogP contribution in [0.15, 0.2) is 54.7 Å². The maximum Gasteiger partial charge on any atom is 0.417 e. The Morgan fingerprint density at radius 1 is 0.633 bits per heavy atom. The first-order chi connectivity index (χ1) is 35.6. The molecule has 5 atom stereocenters. The van der Waals surface area contributed by atoms with E-state index in [1.165, 1.54) is 37.7 Å². The normalized spacial score (nSPS) is 17.4. The summed E-state index contributed by atoms with van der Waals surface area (Å²) in [5.41, 5.74) is 1.40. The molecule has 0 saturated heterocycles. The molecule has 10 heteroatoms. The Morgan fingerprint density at radius 3 is 1.28 bits per heavy atom. The number of alkyl halides is 3. The molecule has 0 aliphatic heterocycles. The third kappa shape index (κ3) is 32.1. The molecule has 0 radical (unpaired) electrons. The van der Waals surface area contributed by atoms with Crippen LogP contribution < -0.4 is 0 Å². The number of nitrogens with zero attached hydrogens (tertiary/aromatic N) is 2. The fraction of sp³-hybridized carbons (Fsp3) is 0.826. The van der Waals surface area contributed by atoms with Gasteiger partial charge in [-0.1, -0.05) is 201 Å². The number of methoxy groups -OCH3 is 1. The summed E-state index contributed by atoms with van der Waals surface area (Å²) in [5, 5.41) is 19.4. The van der Waals surface area contributed by atoms with Gasteiger partial charge in [-0.15, -0.1) is 0 Å². The Labute approximate surface area is 486 Å². The van der Waals surface area contributed by atoms with E-state index in [0.29, 0.717) is 54.0 Å². The first-order valence-corrected chi connectivity index (χ1v) is 30.5. The summed E-state index contributed by atoms with van der Waals surface area (Å²) in [6.07, 6.45) is 6.74. The van der Waals surface area contributed by atoms with Gasteiger partial charge in [0.2, 0.25) is 0 Å². The Hall–Kier alpha value is -2.69. The van der Waals surface area contributed by atoms with Crippen molar-refractivity contribution in [1.82, 2.24) is 9.88 Å². The van der Waals surface area contributed by atoms with Crippen LogP contribution in [0.4, 0.5) is 18.0 Å². The number of aliphatic hydroxyl groups excluding tert-OH is 1. The van der Waals surface area contributed by atoms with Crippen molar-refractivity contribution < 1.29 is 37.7 Å². The van der Waals surface area contributed by atoms with Crippen LogP contribution in [-0.2, 0) is 20.3 Å². The highest BCUT2D eigenvalue weighted by Crippen LogP contribution is 2.56. The van der Waals surface area contributed by atoms with Gasteiger partial charge >= 0.3 is 12.3 Å². The quantitative estimate of drug-likeness (QED) is 0.220. The monoisotopic (exact) mass is 1120 g/mol. The molecule has 464 valence electrons. The van der Waals surface area contributed by atoms with E-state index in [4.69, 9.17) is 9.47 Å². The smallest absolute Gasteiger partial charge is 0.417 e. The Bertz CT molecular complexity index is 1820. The molecule has 3 aliphatic rings. The number of ether oxygens (including phenoxy) is 2. The lowest BCUT2D eigenvalue weighted by Gasteiger charge is -2.39. The molecule has 3 saturated carbocycles. The third-order valence-corrected chi connectivity index (χ3v) is 16.1. The van der Waals surface area contributed by atoms with E-state index in [1.807, 2.05) is 73.7 Å². The Balaban J connectivity index is 0. The molecule has 1 heterocycles. The van der Waals surface area contributed by atoms with Gasteiger partial charge in [-0.25, -0.2) is 4.79 Å². The Kier molecular flexibility index (Phi) is 33.3. The molecule has 0 bridgehead atoms. The van der Waals surface area contributed by atoms with Gasteiger partial charge in [-0.05, 0) is 166 Å². The number of pyridine rings is 1. The van der Waals surface area contributed by atoms with Crippen LogP contribution in [0.2, 0.25) is 0 Å². The minimum atomic E-state index is -4.51. The van der Waals surface area contributed by atoms with Crippen LogP contribution in [0.5, 0.6) is 0 Å². The van der Waals surface area contributed by atoms with Gasteiger partial charge in [-0.2, -0.15) is 13.2 Å². The van der Waals surface area contributed by atoms with Gasteiger partial charge in [0.05, 0.1) is 12.7 Å². The number of carbonyl (C=O) groups is 1. The molecule has 2 N–H and O–H groups in total. The van der Waals surface area contributed by atoms with E-state index in [0.717, 1.165) is 36.5 Å². The molecule has 3 aliphatic carbocycles. The minimum absolute atomic E-state index is 0.116. The Morgan fingerprint density at radius 2 is 1.08 bits per heavy atom. The summed E-state index contributed by atoms with van der Waals surface area (Å²) in [7, 11) is 3.51. The highest BCUT2D eigenvalue weighted by Gasteiger charge is 2.62. The topological polar surface area (TPSA) is 92.1 Å². The summed E-state index contributed by atoms with van der Waals surface area (Å²) in [6.45, 7) is 56.7. The number of halogens is 3. The van der Waals surface area contributed by atoms with Gasteiger partial charge in [0.1, 0.15) is 0 Å². The fourth-order valence-electron chi connectivity index (χ4n) is 10.3. The lowest BCUT2D eigenvalue weighted by molar-refractivity contribution is -0.276. The van der Waals surface area contributed by atoms with E-state index in [-0.39, 0.29) is 46.3 Å². The lowest BCUT2D eigenvalue weighted by atomic mass is 9.72. The number of carbonyl (C=O) groups excluding carboxylic acids is 1. The maximum atomic E-state index is 13.0. The molecule has 79 heavy (non-hydrogen) atoms. The lowest BCUT2D eigenvalue weighted by Crippen LogP contribution is -2.49. The van der Waals surface area contributed by atoms with Gasteiger partial charge in [0.25, 0.3) is 0 Å². The van der Waals surface area contributed by atoms with Crippen molar-refractivity contribution in [3.05, 3.63) is 66.0 Å². The number of amides is 1. The second kappa shape index (κ2) is 33.6. The van der Waals surface area contributed by atoms with Crippen molar-refractivity contribution in [2.24, 2.45) is 63.1 Å². The zero-order chi connectivity index (χ0) is 62.4. The molecular weight excluding hydrogens is 994 g/mol. The van der Waals surface area contributed by atoms with E-state index in [2.05, 4.69) is 159 Å². The zero-order valence-electron chi connectivity index (χ0n) is 56.4. The molecule has 1 aromatic heterocycles. The standard InChI is InChI=1S/C13H23F3O.C11H20.C10H14.C9H13N.2C9H20O.C8H17NO2/c1-5-9(11(2,3)4)8-12(17,10-6-7-10)13(14,15)16;1-11(2,3)10(8-4-5-8)9-6-7-9;1-10(2,3)9-7-5-4-6-8-9;1-9(2,3)8-6-4-5-7-10-8;1-6-8(7-10-5)9(2,3)4;1-6-8(7(2)10)9(3,4)5;1-6-11-7(10)9(5)8(2,3)4/h9-10,17H,5-8H2,1-4H3;8-10H,4-7H2,1-3H3;4-8H,1-3H3;4-7H,1-3H3;8H,6-7H2,1-5H3;7-8,10H,6H2,1-5H3;6H2,1-5H3/t9-,12?;;;;8-;7?,8-;/m0...00./s1. The van der Waals surface area contributed by atoms with Crippen molar-refractivity contribution in [2.45, 2.75) is 278 Å². The molecule has 1 amide bonds.